The Morgan fingerprint density at radius 1 is 1.05 bits per heavy atom. The largest absolute Gasteiger partial charge is 0.473 e. The fraction of sp³-hybridized carbons (Fsp3) is 0.200. The number of aromatic nitrogens is 5. The van der Waals surface area contributed by atoms with Crippen LogP contribution in [0.15, 0.2) is 53.5 Å². The smallest absolute Gasteiger partial charge is 0.363 e. The number of rotatable bonds is 5. The van der Waals surface area contributed by atoms with Crippen molar-refractivity contribution in [1.82, 2.24) is 24.8 Å². The minimum Gasteiger partial charge on any atom is -0.473 e. The molecule has 22 heavy (non-hydrogen) atoms. The van der Waals surface area contributed by atoms with E-state index in [0.717, 1.165) is 11.1 Å². The summed E-state index contributed by atoms with van der Waals surface area (Å²) in [7, 11) is 1.56. The zero-order valence-electron chi connectivity index (χ0n) is 12.1. The van der Waals surface area contributed by atoms with Crippen molar-refractivity contribution in [2.75, 3.05) is 0 Å². The van der Waals surface area contributed by atoms with Gasteiger partial charge in [-0.1, -0.05) is 36.4 Å². The zero-order valence-corrected chi connectivity index (χ0v) is 12.1. The number of aryl methyl sites for hydroxylation is 1. The second-order valence-corrected chi connectivity index (χ2v) is 4.82. The highest BCUT2D eigenvalue weighted by Gasteiger charge is 2.05. The Morgan fingerprint density at radius 2 is 1.86 bits per heavy atom. The summed E-state index contributed by atoms with van der Waals surface area (Å²) in [6.45, 7) is 0.801. The number of hydrogen-bond acceptors (Lipinski definition) is 5. The predicted molar refractivity (Wildman–Crippen MR) is 79.4 cm³/mol. The number of nitrogens with zero attached hydrogens (tertiary/aromatic N) is 5. The van der Waals surface area contributed by atoms with E-state index in [0.29, 0.717) is 19.0 Å². The Hall–Kier alpha value is -2.96. The Bertz CT molecular complexity index is 793. The van der Waals surface area contributed by atoms with Crippen LogP contribution in [0.2, 0.25) is 0 Å². The normalized spacial score (nSPS) is 10.6. The van der Waals surface area contributed by atoms with Crippen LogP contribution in [0.25, 0.3) is 0 Å². The second kappa shape index (κ2) is 6.21. The lowest BCUT2D eigenvalue weighted by molar-refractivity contribution is 0.293. The average Bonchev–Trinajstić information content (AvgIpc) is 2.87. The number of benzene rings is 1. The van der Waals surface area contributed by atoms with E-state index in [2.05, 4.69) is 15.4 Å². The van der Waals surface area contributed by atoms with Crippen molar-refractivity contribution in [2.24, 2.45) is 7.05 Å². The van der Waals surface area contributed by atoms with E-state index in [9.17, 15) is 4.79 Å². The van der Waals surface area contributed by atoms with Crippen molar-refractivity contribution >= 4 is 0 Å². The minimum absolute atomic E-state index is 0.260. The van der Waals surface area contributed by atoms with Gasteiger partial charge < -0.3 is 4.74 Å². The van der Waals surface area contributed by atoms with Crippen molar-refractivity contribution in [3.8, 4) is 5.88 Å². The second-order valence-electron chi connectivity index (χ2n) is 4.82. The third-order valence-electron chi connectivity index (χ3n) is 3.14. The van der Waals surface area contributed by atoms with Crippen LogP contribution < -0.4 is 10.4 Å². The average molecular weight is 297 g/mol. The van der Waals surface area contributed by atoms with Gasteiger partial charge in [-0.05, 0) is 21.6 Å². The minimum atomic E-state index is -0.260. The van der Waals surface area contributed by atoms with Gasteiger partial charge in [-0.2, -0.15) is 9.36 Å². The number of hydrogen-bond donors (Lipinski definition) is 0. The molecule has 0 aliphatic rings. The van der Waals surface area contributed by atoms with Crippen LogP contribution >= 0.6 is 0 Å². The van der Waals surface area contributed by atoms with Crippen LogP contribution in [0.5, 0.6) is 5.88 Å². The Balaban J connectivity index is 1.63. The summed E-state index contributed by atoms with van der Waals surface area (Å²) < 4.78 is 8.08. The maximum absolute atomic E-state index is 11.7. The molecule has 7 heteroatoms. The third-order valence-corrected chi connectivity index (χ3v) is 3.14. The van der Waals surface area contributed by atoms with Crippen LogP contribution in [-0.2, 0) is 20.2 Å². The lowest BCUT2D eigenvalue weighted by Gasteiger charge is -2.06. The third kappa shape index (κ3) is 3.20. The summed E-state index contributed by atoms with van der Waals surface area (Å²) in [5, 5.41) is 7.43. The molecule has 0 aliphatic heterocycles. The molecule has 0 spiro atoms. The fourth-order valence-electron chi connectivity index (χ4n) is 1.95. The lowest BCUT2D eigenvalue weighted by atomic mass is 10.2. The van der Waals surface area contributed by atoms with Crippen molar-refractivity contribution in [3.05, 3.63) is 70.3 Å². The van der Waals surface area contributed by atoms with Gasteiger partial charge in [0.1, 0.15) is 6.61 Å². The molecular weight excluding hydrogens is 282 g/mol. The van der Waals surface area contributed by atoms with E-state index >= 15 is 0 Å². The number of pyridine rings is 1. The van der Waals surface area contributed by atoms with Gasteiger partial charge in [-0.3, -0.25) is 0 Å². The molecule has 0 fully saturated rings. The summed E-state index contributed by atoms with van der Waals surface area (Å²) in [5.41, 5.74) is 1.68. The molecule has 7 nitrogen and oxygen atoms in total. The molecule has 0 atom stereocenters. The number of ether oxygens (including phenoxy) is 1. The van der Waals surface area contributed by atoms with Gasteiger partial charge in [0.25, 0.3) is 0 Å². The van der Waals surface area contributed by atoms with Gasteiger partial charge in [0.2, 0.25) is 5.88 Å². The zero-order chi connectivity index (χ0) is 15.4. The van der Waals surface area contributed by atoms with Crippen LogP contribution in [-0.4, -0.2) is 24.8 Å². The van der Waals surface area contributed by atoms with Gasteiger partial charge in [-0.25, -0.2) is 9.78 Å². The van der Waals surface area contributed by atoms with Crippen LogP contribution in [0, 0.1) is 0 Å². The van der Waals surface area contributed by atoms with E-state index in [4.69, 9.17) is 4.74 Å². The van der Waals surface area contributed by atoms with Gasteiger partial charge in [0.05, 0.1) is 6.54 Å². The van der Waals surface area contributed by atoms with Crippen molar-refractivity contribution in [1.29, 1.82) is 0 Å². The summed E-state index contributed by atoms with van der Waals surface area (Å²) in [6.07, 6.45) is 1.67. The molecule has 0 saturated carbocycles. The lowest BCUT2D eigenvalue weighted by Crippen LogP contribution is -2.23. The molecule has 1 aromatic carbocycles. The molecule has 112 valence electrons. The van der Waals surface area contributed by atoms with Crippen LogP contribution in [0.3, 0.4) is 0 Å². The van der Waals surface area contributed by atoms with E-state index in [1.54, 1.807) is 19.3 Å². The molecule has 3 rings (SSSR count). The van der Waals surface area contributed by atoms with E-state index in [1.807, 2.05) is 36.4 Å². The van der Waals surface area contributed by atoms with Crippen LogP contribution in [0.4, 0.5) is 0 Å². The Morgan fingerprint density at radius 3 is 2.50 bits per heavy atom. The van der Waals surface area contributed by atoms with Gasteiger partial charge in [0, 0.05) is 19.3 Å². The van der Waals surface area contributed by atoms with E-state index in [1.165, 1.54) is 9.36 Å². The SMILES string of the molecule is Cn1nnn(Cc2ccc(OCc3ccccc3)nc2)c1=O. The molecule has 3 aromatic rings. The summed E-state index contributed by atoms with van der Waals surface area (Å²) in [5.74, 6) is 0.541. The first-order valence-corrected chi connectivity index (χ1v) is 6.81. The highest BCUT2D eigenvalue weighted by Crippen LogP contribution is 2.10. The quantitative estimate of drug-likeness (QED) is 0.702. The van der Waals surface area contributed by atoms with Crippen molar-refractivity contribution in [2.45, 2.75) is 13.2 Å². The standard InChI is InChI=1S/C15H15N5O2/c1-19-15(21)20(18-17-19)10-13-7-8-14(16-9-13)22-11-12-5-3-2-4-6-12/h2-9H,10-11H2,1H3. The summed E-state index contributed by atoms with van der Waals surface area (Å²) >= 11 is 0. The molecule has 0 aliphatic carbocycles. The summed E-state index contributed by atoms with van der Waals surface area (Å²) in [6, 6.07) is 13.5. The maximum Gasteiger partial charge on any atom is 0.363 e. The van der Waals surface area contributed by atoms with E-state index in [-0.39, 0.29) is 5.69 Å². The Kier molecular flexibility index (Phi) is 3.95. The van der Waals surface area contributed by atoms with Crippen LogP contribution in [0.1, 0.15) is 11.1 Å². The monoisotopic (exact) mass is 297 g/mol. The molecule has 0 saturated heterocycles. The summed E-state index contributed by atoms with van der Waals surface area (Å²) in [4.78, 5) is 15.9. The topological polar surface area (TPSA) is 74.8 Å². The molecule has 0 bridgehead atoms. The first kappa shape index (κ1) is 14.0. The van der Waals surface area contributed by atoms with E-state index < -0.39 is 0 Å². The highest BCUT2D eigenvalue weighted by molar-refractivity contribution is 5.19. The molecule has 0 radical (unpaired) electrons. The predicted octanol–water partition coefficient (Wildman–Crippen LogP) is 0.999. The molecule has 0 amide bonds. The highest BCUT2D eigenvalue weighted by atomic mass is 16.5. The molecular formula is C15H15N5O2. The first-order valence-electron chi connectivity index (χ1n) is 6.81. The van der Waals surface area contributed by atoms with Gasteiger partial charge >= 0.3 is 5.69 Å². The molecule has 0 unspecified atom stereocenters. The maximum atomic E-state index is 11.7. The molecule has 2 heterocycles. The van der Waals surface area contributed by atoms with Gasteiger partial charge in [0.15, 0.2) is 0 Å². The van der Waals surface area contributed by atoms with Gasteiger partial charge in [-0.15, -0.1) is 0 Å². The number of tetrazole rings is 1. The fourth-order valence-corrected chi connectivity index (χ4v) is 1.95. The molecule has 0 N–H and O–H groups in total. The van der Waals surface area contributed by atoms with Crippen molar-refractivity contribution in [3.63, 3.8) is 0 Å². The van der Waals surface area contributed by atoms with Crippen molar-refractivity contribution < 1.29 is 4.74 Å². The molecule has 2 aromatic heterocycles. The Labute approximate surface area is 126 Å². The first-order chi connectivity index (χ1) is 10.7.